The molecule has 0 fully saturated rings. The number of hydrogen-bond acceptors (Lipinski definition) is 8. The van der Waals surface area contributed by atoms with E-state index < -0.39 is 20.6 Å². The number of thiophene rings is 1. The molecule has 0 bridgehead atoms. The zero-order chi connectivity index (χ0) is 16.0. The molecule has 2 N–H and O–H groups in total. The molecular weight excluding hydrogens is 320 g/mol. The topological polar surface area (TPSA) is 140 Å². The van der Waals surface area contributed by atoms with Crippen molar-refractivity contribution < 1.29 is 18.1 Å². The van der Waals surface area contributed by atoms with Crippen molar-refractivity contribution in [2.24, 2.45) is 0 Å². The van der Waals surface area contributed by atoms with Crippen LogP contribution < -0.4 is 5.73 Å². The van der Waals surface area contributed by atoms with Crippen molar-refractivity contribution in [3.8, 4) is 6.07 Å². The molecule has 0 aliphatic heterocycles. The van der Waals surface area contributed by atoms with Crippen LogP contribution in [0.1, 0.15) is 6.42 Å². The molecule has 21 heavy (non-hydrogen) atoms. The molecule has 116 valence electrons. The molecule has 0 saturated heterocycles. The fraction of sp³-hybridized carbons (Fsp3) is 0.500. The highest BCUT2D eigenvalue weighted by Crippen LogP contribution is 2.35. The molecule has 0 amide bonds. The van der Waals surface area contributed by atoms with E-state index in [0.29, 0.717) is 11.3 Å². The van der Waals surface area contributed by atoms with Crippen LogP contribution >= 0.6 is 11.3 Å². The maximum Gasteiger partial charge on any atom is 0.304 e. The predicted molar refractivity (Wildman–Crippen MR) is 76.3 cm³/mol. The van der Waals surface area contributed by atoms with E-state index in [1.165, 1.54) is 7.11 Å². The van der Waals surface area contributed by atoms with Crippen LogP contribution in [0, 0.1) is 21.4 Å². The van der Waals surface area contributed by atoms with Gasteiger partial charge in [0.1, 0.15) is 4.21 Å². The van der Waals surface area contributed by atoms with Crippen LogP contribution in [-0.4, -0.2) is 44.5 Å². The molecular formula is C10H14N4O5S2. The zero-order valence-corrected chi connectivity index (χ0v) is 12.8. The van der Waals surface area contributed by atoms with Gasteiger partial charge in [0.05, 0.1) is 17.6 Å². The Kier molecular flexibility index (Phi) is 6.03. The molecule has 0 radical (unpaired) electrons. The highest BCUT2D eigenvalue weighted by atomic mass is 32.2. The SMILES string of the molecule is COCCN(CCC#N)S(=O)(=O)c1cc([N+](=O)[O-])c(N)s1. The first-order valence-electron chi connectivity index (χ1n) is 5.74. The van der Waals surface area contributed by atoms with E-state index >= 15 is 0 Å². The summed E-state index contributed by atoms with van der Waals surface area (Å²) < 4.78 is 30.5. The van der Waals surface area contributed by atoms with Crippen molar-refractivity contribution in [2.75, 3.05) is 32.5 Å². The van der Waals surface area contributed by atoms with Gasteiger partial charge in [-0.25, -0.2) is 8.42 Å². The smallest absolute Gasteiger partial charge is 0.304 e. The van der Waals surface area contributed by atoms with E-state index in [-0.39, 0.29) is 35.3 Å². The fourth-order valence-electron chi connectivity index (χ4n) is 1.49. The Hall–Kier alpha value is -1.74. The maximum absolute atomic E-state index is 12.4. The van der Waals surface area contributed by atoms with Crippen LogP contribution in [-0.2, 0) is 14.8 Å². The second kappa shape index (κ2) is 7.32. The summed E-state index contributed by atoms with van der Waals surface area (Å²) in [7, 11) is -2.52. The van der Waals surface area contributed by atoms with E-state index in [1.54, 1.807) is 0 Å². The van der Waals surface area contributed by atoms with Gasteiger partial charge in [-0.2, -0.15) is 9.57 Å². The van der Waals surface area contributed by atoms with Crippen molar-refractivity contribution in [1.29, 1.82) is 5.26 Å². The van der Waals surface area contributed by atoms with Crippen molar-refractivity contribution >= 4 is 32.0 Å². The first kappa shape index (κ1) is 17.3. The minimum atomic E-state index is -3.94. The molecule has 1 rings (SSSR count). The van der Waals surface area contributed by atoms with Gasteiger partial charge in [-0.1, -0.05) is 11.3 Å². The van der Waals surface area contributed by atoms with Gasteiger partial charge in [0.15, 0.2) is 5.00 Å². The van der Waals surface area contributed by atoms with E-state index in [9.17, 15) is 18.5 Å². The molecule has 1 aromatic rings. The van der Waals surface area contributed by atoms with Gasteiger partial charge < -0.3 is 10.5 Å². The van der Waals surface area contributed by atoms with Gasteiger partial charge in [-0.3, -0.25) is 10.1 Å². The van der Waals surface area contributed by atoms with Crippen molar-refractivity contribution in [3.05, 3.63) is 16.2 Å². The Morgan fingerprint density at radius 3 is 2.71 bits per heavy atom. The highest BCUT2D eigenvalue weighted by molar-refractivity contribution is 7.91. The summed E-state index contributed by atoms with van der Waals surface area (Å²) in [5, 5.41) is 19.1. The third-order valence-corrected chi connectivity index (χ3v) is 5.83. The molecule has 0 aliphatic carbocycles. The number of ether oxygens (including phenoxy) is 1. The Bertz CT molecular complexity index is 649. The average molecular weight is 334 g/mol. The number of anilines is 1. The van der Waals surface area contributed by atoms with E-state index in [1.807, 2.05) is 6.07 Å². The van der Waals surface area contributed by atoms with Crippen molar-refractivity contribution in [3.63, 3.8) is 0 Å². The van der Waals surface area contributed by atoms with Crippen LogP contribution in [0.3, 0.4) is 0 Å². The Labute approximate surface area is 125 Å². The molecule has 11 heteroatoms. The Morgan fingerprint density at radius 1 is 1.57 bits per heavy atom. The molecule has 1 heterocycles. The molecule has 0 aromatic carbocycles. The number of nitrogens with two attached hydrogens (primary N) is 1. The summed E-state index contributed by atoms with van der Waals surface area (Å²) in [6.07, 6.45) is 0.00585. The number of hydrogen-bond donors (Lipinski definition) is 1. The van der Waals surface area contributed by atoms with Crippen LogP contribution in [0.25, 0.3) is 0 Å². The molecule has 1 aromatic heterocycles. The number of sulfonamides is 1. The summed E-state index contributed by atoms with van der Waals surface area (Å²) in [5.41, 5.74) is 5.02. The second-order valence-corrected chi connectivity index (χ2v) is 7.13. The normalized spacial score (nSPS) is 11.5. The lowest BCUT2D eigenvalue weighted by Gasteiger charge is -2.19. The number of nitrogens with zero attached hydrogens (tertiary/aromatic N) is 3. The second-order valence-electron chi connectivity index (χ2n) is 3.88. The summed E-state index contributed by atoms with van der Waals surface area (Å²) in [6.45, 7) is 0.174. The number of rotatable bonds is 8. The number of methoxy groups -OCH3 is 1. The first-order chi connectivity index (χ1) is 9.84. The molecule has 0 atom stereocenters. The Balaban J connectivity index is 3.12. The summed E-state index contributed by atoms with van der Waals surface area (Å²) in [5.74, 6) is 0. The predicted octanol–water partition coefficient (Wildman–Crippen LogP) is 0.789. The van der Waals surface area contributed by atoms with Gasteiger partial charge in [0.25, 0.3) is 10.0 Å². The van der Waals surface area contributed by atoms with Crippen LogP contribution in [0.15, 0.2) is 10.3 Å². The first-order valence-corrected chi connectivity index (χ1v) is 8.00. The number of nitrogen functional groups attached to an aromatic ring is 1. The standard InChI is InChI=1S/C10H14N4O5S2/c1-19-6-5-13(4-2-3-11)21(17,18)9-7-8(14(15)16)10(12)20-9/h7H,2,4-6,12H2,1H3. The highest BCUT2D eigenvalue weighted by Gasteiger charge is 2.29. The van der Waals surface area contributed by atoms with E-state index in [0.717, 1.165) is 10.4 Å². The zero-order valence-electron chi connectivity index (χ0n) is 11.2. The van der Waals surface area contributed by atoms with Crippen molar-refractivity contribution in [2.45, 2.75) is 10.6 Å². The number of nitriles is 1. The number of nitro groups is 1. The lowest BCUT2D eigenvalue weighted by Crippen LogP contribution is -2.34. The summed E-state index contributed by atoms with van der Waals surface area (Å²) in [6, 6.07) is 2.79. The third kappa shape index (κ3) is 4.11. The van der Waals surface area contributed by atoms with E-state index in [4.69, 9.17) is 15.7 Å². The summed E-state index contributed by atoms with van der Waals surface area (Å²) >= 11 is 0.628. The fourth-order valence-corrected chi connectivity index (χ4v) is 4.28. The summed E-state index contributed by atoms with van der Waals surface area (Å²) in [4.78, 5) is 10.0. The van der Waals surface area contributed by atoms with Gasteiger partial charge >= 0.3 is 5.69 Å². The lowest BCUT2D eigenvalue weighted by atomic mass is 10.4. The van der Waals surface area contributed by atoms with E-state index in [2.05, 4.69) is 0 Å². The largest absolute Gasteiger partial charge is 0.385 e. The molecule has 9 nitrogen and oxygen atoms in total. The van der Waals surface area contributed by atoms with Crippen LogP contribution in [0.2, 0.25) is 0 Å². The third-order valence-electron chi connectivity index (χ3n) is 2.53. The lowest BCUT2D eigenvalue weighted by molar-refractivity contribution is -0.383. The minimum Gasteiger partial charge on any atom is -0.385 e. The molecule has 0 spiro atoms. The molecule has 0 saturated carbocycles. The van der Waals surface area contributed by atoms with Gasteiger partial charge in [-0.05, 0) is 0 Å². The average Bonchev–Trinajstić information content (AvgIpc) is 2.81. The maximum atomic E-state index is 12.4. The van der Waals surface area contributed by atoms with Crippen molar-refractivity contribution in [1.82, 2.24) is 4.31 Å². The monoisotopic (exact) mass is 334 g/mol. The molecule has 0 unspecified atom stereocenters. The minimum absolute atomic E-state index is 0.00585. The Morgan fingerprint density at radius 2 is 2.24 bits per heavy atom. The molecule has 0 aliphatic rings. The quantitative estimate of drug-likeness (QED) is 0.547. The van der Waals surface area contributed by atoms with Gasteiger partial charge in [0, 0.05) is 32.7 Å². The van der Waals surface area contributed by atoms with Crippen LogP contribution in [0.4, 0.5) is 10.7 Å². The van der Waals surface area contributed by atoms with Gasteiger partial charge in [0.2, 0.25) is 0 Å². The van der Waals surface area contributed by atoms with Crippen LogP contribution in [0.5, 0.6) is 0 Å². The van der Waals surface area contributed by atoms with Gasteiger partial charge in [-0.15, -0.1) is 0 Å².